The van der Waals surface area contributed by atoms with Crippen molar-refractivity contribution in [3.63, 3.8) is 0 Å². The lowest BCUT2D eigenvalue weighted by molar-refractivity contribution is 1.76. The first-order valence-corrected chi connectivity index (χ1v) is 16.5. The fraction of sp³-hybridized carbons (Fsp3) is 0. The molecule has 0 N–H and O–H groups in total. The first kappa shape index (κ1) is 22.5. The smallest absolute Gasteiger partial charge is 0.00751 e. The Bertz CT molecular complexity index is 2410. The van der Waals surface area contributed by atoms with Crippen LogP contribution in [-0.4, -0.2) is 0 Å². The summed E-state index contributed by atoms with van der Waals surface area (Å²) in [7, 11) is -1.23. The van der Waals surface area contributed by atoms with Crippen LogP contribution in [0.25, 0.3) is 74.2 Å². The monoisotopic (exact) mass is 542 g/mol. The molecule has 0 saturated carbocycles. The summed E-state index contributed by atoms with van der Waals surface area (Å²) in [4.78, 5) is 0. The second-order valence-corrected chi connectivity index (χ2v) is 15.0. The molecule has 2 unspecified atom stereocenters. The van der Waals surface area contributed by atoms with Gasteiger partial charge in [0, 0.05) is 20.5 Å². The van der Waals surface area contributed by atoms with Gasteiger partial charge in [-0.25, -0.2) is 0 Å². The first-order valence-electron chi connectivity index (χ1n) is 13.8. The van der Waals surface area contributed by atoms with Crippen molar-refractivity contribution >= 4 is 78.6 Å². The molecule has 2 heterocycles. The van der Waals surface area contributed by atoms with Crippen LogP contribution in [0.5, 0.6) is 0 Å². The van der Waals surface area contributed by atoms with Crippen LogP contribution in [0.3, 0.4) is 0 Å². The van der Waals surface area contributed by atoms with Crippen molar-refractivity contribution in [2.75, 3.05) is 0 Å². The summed E-state index contributed by atoms with van der Waals surface area (Å²) in [5.74, 6) is 0. The molecule has 0 fully saturated rings. The fourth-order valence-electron chi connectivity index (χ4n) is 6.63. The van der Waals surface area contributed by atoms with E-state index >= 15 is 0 Å². The molecule has 0 nitrogen and oxygen atoms in total. The summed E-state index contributed by atoms with van der Waals surface area (Å²) in [6.07, 6.45) is 0. The van der Waals surface area contributed by atoms with Gasteiger partial charge in [-0.2, -0.15) is 0 Å². The minimum absolute atomic E-state index is 0.587. The molecule has 0 aliphatic heterocycles. The molecule has 0 spiro atoms. The largest absolute Gasteiger partial charge is 0.0772 e. The zero-order valence-corrected chi connectivity index (χ0v) is 23.5. The van der Waals surface area contributed by atoms with E-state index in [0.717, 1.165) is 0 Å². The normalized spacial score (nSPS) is 12.9. The average molecular weight is 543 g/mol. The van der Waals surface area contributed by atoms with E-state index in [9.17, 15) is 0 Å². The van der Waals surface area contributed by atoms with Crippen molar-refractivity contribution in [3.05, 3.63) is 146 Å². The highest BCUT2D eigenvalue weighted by Gasteiger charge is 2.19. The molecule has 0 saturated heterocycles. The Kier molecular flexibility index (Phi) is 4.82. The van der Waals surface area contributed by atoms with E-state index in [0.29, 0.717) is 0 Å². The predicted molar refractivity (Wildman–Crippen MR) is 180 cm³/mol. The Morgan fingerprint density at radius 1 is 0.275 bits per heavy atom. The zero-order valence-electron chi connectivity index (χ0n) is 21.8. The number of benzene rings is 7. The third kappa shape index (κ3) is 3.22. The SMILES string of the molecule is c1ccc(-p2c3ccccc3c3cc4c(cc32)c2cc3cc5ccccc5cc3cc2p4-c2ccccc2)cc1. The van der Waals surface area contributed by atoms with E-state index in [1.165, 1.54) is 74.2 Å². The van der Waals surface area contributed by atoms with Crippen molar-refractivity contribution in [1.29, 1.82) is 0 Å². The van der Waals surface area contributed by atoms with Gasteiger partial charge in [-0.1, -0.05) is 124 Å². The van der Waals surface area contributed by atoms with Crippen molar-refractivity contribution in [2.45, 2.75) is 0 Å². The maximum atomic E-state index is 2.57. The van der Waals surface area contributed by atoms with Crippen molar-refractivity contribution in [2.24, 2.45) is 0 Å². The Morgan fingerprint density at radius 2 is 0.725 bits per heavy atom. The van der Waals surface area contributed by atoms with Crippen LogP contribution in [0.15, 0.2) is 146 Å². The third-order valence-electron chi connectivity index (χ3n) is 8.41. The van der Waals surface area contributed by atoms with E-state index in [1.807, 2.05) is 0 Å². The van der Waals surface area contributed by atoms with Gasteiger partial charge in [-0.15, -0.1) is 0 Å². The van der Waals surface area contributed by atoms with Gasteiger partial charge in [-0.3, -0.25) is 0 Å². The van der Waals surface area contributed by atoms with Crippen LogP contribution in [0.1, 0.15) is 0 Å². The van der Waals surface area contributed by atoms with Crippen molar-refractivity contribution < 1.29 is 0 Å². The van der Waals surface area contributed by atoms with E-state index in [1.54, 1.807) is 0 Å². The second kappa shape index (κ2) is 8.58. The summed E-state index contributed by atoms with van der Waals surface area (Å²) >= 11 is 0. The van der Waals surface area contributed by atoms with Gasteiger partial charge in [0.25, 0.3) is 0 Å². The topological polar surface area (TPSA) is 0 Å². The summed E-state index contributed by atoms with van der Waals surface area (Å²) in [5, 5.41) is 19.7. The van der Waals surface area contributed by atoms with Crippen LogP contribution in [0.2, 0.25) is 0 Å². The highest BCUT2D eigenvalue weighted by atomic mass is 31.1. The Hall–Kier alpha value is -4.34. The summed E-state index contributed by atoms with van der Waals surface area (Å²) < 4.78 is 0. The molecule has 0 bridgehead atoms. The summed E-state index contributed by atoms with van der Waals surface area (Å²) in [6.45, 7) is 0. The van der Waals surface area contributed by atoms with Crippen molar-refractivity contribution in [1.82, 2.24) is 0 Å². The maximum absolute atomic E-state index is 2.57. The first-order chi connectivity index (χ1) is 19.8. The Labute approximate surface area is 234 Å². The second-order valence-electron chi connectivity index (χ2n) is 10.7. The molecule has 2 aromatic heterocycles. The fourth-order valence-corrected chi connectivity index (χ4v) is 11.9. The quantitative estimate of drug-likeness (QED) is 0.191. The molecule has 40 heavy (non-hydrogen) atoms. The highest BCUT2D eigenvalue weighted by Crippen LogP contribution is 2.61. The predicted octanol–water partition coefficient (Wildman–Crippen LogP) is 12.6. The number of hydrogen-bond acceptors (Lipinski definition) is 0. The minimum atomic E-state index is -0.645. The lowest BCUT2D eigenvalue weighted by atomic mass is 10.0. The van der Waals surface area contributed by atoms with Crippen molar-refractivity contribution in [3.8, 4) is 10.6 Å². The molecule has 0 aliphatic carbocycles. The van der Waals surface area contributed by atoms with E-state index in [-0.39, 0.29) is 0 Å². The average Bonchev–Trinajstić information content (AvgIpc) is 3.50. The molecular formula is C38H24P2. The molecular weight excluding hydrogens is 518 g/mol. The minimum Gasteiger partial charge on any atom is -0.0772 e. The molecule has 9 rings (SSSR count). The lowest BCUT2D eigenvalue weighted by Gasteiger charge is -2.06. The molecule has 9 aromatic rings. The van der Waals surface area contributed by atoms with E-state index < -0.39 is 15.1 Å². The van der Waals surface area contributed by atoms with Crippen LogP contribution in [-0.2, 0) is 0 Å². The van der Waals surface area contributed by atoms with Gasteiger partial charge in [0.2, 0.25) is 0 Å². The van der Waals surface area contributed by atoms with E-state index in [4.69, 9.17) is 0 Å². The molecule has 0 aliphatic rings. The molecule has 0 amide bonds. The number of hydrogen-bond donors (Lipinski definition) is 0. The van der Waals surface area contributed by atoms with Crippen LogP contribution in [0.4, 0.5) is 0 Å². The third-order valence-corrected chi connectivity index (χ3v) is 13.5. The number of fused-ring (bicyclic) bond motifs is 8. The Morgan fingerprint density at radius 3 is 1.38 bits per heavy atom. The van der Waals surface area contributed by atoms with E-state index in [2.05, 4.69) is 146 Å². The van der Waals surface area contributed by atoms with Gasteiger partial charge >= 0.3 is 0 Å². The molecule has 2 atom stereocenters. The standard InChI is InChI=1S/C38H24P2/c1-3-13-29(14-4-1)39-35-18-10-9-17-31(35)33-23-38-34(24-37(33)39)32-21-27-19-25-11-7-8-12-26(25)20-28(27)22-36(32)40(38)30-15-5-2-6-16-30/h1-24H. The molecule has 7 aromatic carbocycles. The summed E-state index contributed by atoms with van der Waals surface area (Å²) in [6, 6.07) is 55.0. The van der Waals surface area contributed by atoms with Gasteiger partial charge in [-0.05, 0) is 90.1 Å². The summed E-state index contributed by atoms with van der Waals surface area (Å²) in [5.41, 5.74) is 0. The molecule has 0 radical (unpaired) electrons. The van der Waals surface area contributed by atoms with Gasteiger partial charge in [0.15, 0.2) is 0 Å². The molecule has 2 heteroatoms. The van der Waals surface area contributed by atoms with Crippen LogP contribution < -0.4 is 0 Å². The maximum Gasteiger partial charge on any atom is 0.00751 e. The van der Waals surface area contributed by atoms with Gasteiger partial charge in [0.05, 0.1) is 0 Å². The zero-order chi connectivity index (χ0) is 26.2. The van der Waals surface area contributed by atoms with Gasteiger partial charge in [0.1, 0.15) is 0 Å². The Balaban J connectivity index is 1.49. The lowest BCUT2D eigenvalue weighted by Crippen LogP contribution is -1.77. The van der Waals surface area contributed by atoms with Gasteiger partial charge < -0.3 is 0 Å². The highest BCUT2D eigenvalue weighted by molar-refractivity contribution is 7.69. The number of rotatable bonds is 2. The van der Waals surface area contributed by atoms with Crippen LogP contribution in [0, 0.1) is 0 Å². The molecule has 186 valence electrons. The van der Waals surface area contributed by atoms with Crippen LogP contribution >= 0.6 is 15.1 Å².